The molecular weight excluding hydrogens is 210 g/mol. The maximum absolute atomic E-state index is 5.37. The van der Waals surface area contributed by atoms with Crippen LogP contribution >= 0.6 is 0 Å². The molecule has 0 amide bonds. The number of hydrogen-bond acceptors (Lipinski definition) is 2. The van der Waals surface area contributed by atoms with Crippen LogP contribution < -0.4 is 5.32 Å². The van der Waals surface area contributed by atoms with E-state index in [4.69, 9.17) is 4.42 Å². The highest BCUT2D eigenvalue weighted by Crippen LogP contribution is 2.20. The van der Waals surface area contributed by atoms with Crippen LogP contribution in [0.2, 0.25) is 0 Å². The lowest BCUT2D eigenvalue weighted by molar-refractivity contribution is 0.520. The second kappa shape index (κ2) is 5.19. The first kappa shape index (κ1) is 11.9. The third kappa shape index (κ3) is 2.98. The van der Waals surface area contributed by atoms with Crippen molar-refractivity contribution in [1.82, 2.24) is 5.32 Å². The summed E-state index contributed by atoms with van der Waals surface area (Å²) in [6.45, 7) is 4.10. The second-order valence-electron chi connectivity index (χ2n) is 4.53. The lowest BCUT2D eigenvalue weighted by Gasteiger charge is -2.14. The summed E-state index contributed by atoms with van der Waals surface area (Å²) < 4.78 is 5.37. The Balaban J connectivity index is 2.15. The fourth-order valence-electron chi connectivity index (χ4n) is 2.11. The topological polar surface area (TPSA) is 25.2 Å². The van der Waals surface area contributed by atoms with Crippen LogP contribution in [0.1, 0.15) is 28.5 Å². The minimum Gasteiger partial charge on any atom is -0.469 e. The Morgan fingerprint density at radius 2 is 2.06 bits per heavy atom. The van der Waals surface area contributed by atoms with Gasteiger partial charge in [0.2, 0.25) is 0 Å². The lowest BCUT2D eigenvalue weighted by Crippen LogP contribution is -2.18. The smallest absolute Gasteiger partial charge is 0.101 e. The van der Waals surface area contributed by atoms with Gasteiger partial charge >= 0.3 is 0 Å². The molecule has 17 heavy (non-hydrogen) atoms. The van der Waals surface area contributed by atoms with Gasteiger partial charge < -0.3 is 9.73 Å². The molecular formula is C15H19NO. The largest absolute Gasteiger partial charge is 0.469 e. The Kier molecular flexibility index (Phi) is 3.64. The van der Waals surface area contributed by atoms with E-state index in [9.17, 15) is 0 Å². The molecule has 2 aromatic rings. The summed E-state index contributed by atoms with van der Waals surface area (Å²) in [4.78, 5) is 0. The number of nitrogens with one attached hydrogen (secondary N) is 1. The highest BCUT2D eigenvalue weighted by Gasteiger charge is 2.12. The van der Waals surface area contributed by atoms with Crippen LogP contribution in [-0.4, -0.2) is 7.05 Å². The number of rotatable bonds is 4. The van der Waals surface area contributed by atoms with Crippen LogP contribution in [0.4, 0.5) is 0 Å². The Bertz CT molecular complexity index is 487. The Labute approximate surface area is 103 Å². The number of hydrogen-bond donors (Lipinski definition) is 1. The van der Waals surface area contributed by atoms with Gasteiger partial charge in [-0.15, -0.1) is 0 Å². The van der Waals surface area contributed by atoms with Crippen LogP contribution in [0.15, 0.2) is 41.0 Å². The van der Waals surface area contributed by atoms with Crippen molar-refractivity contribution in [3.05, 3.63) is 59.0 Å². The zero-order valence-electron chi connectivity index (χ0n) is 10.7. The van der Waals surface area contributed by atoms with Gasteiger partial charge in [-0.25, -0.2) is 0 Å². The molecule has 90 valence electrons. The van der Waals surface area contributed by atoms with Gasteiger partial charge in [-0.3, -0.25) is 0 Å². The van der Waals surface area contributed by atoms with Crippen molar-refractivity contribution < 1.29 is 4.42 Å². The highest BCUT2D eigenvalue weighted by atomic mass is 16.3. The summed E-state index contributed by atoms with van der Waals surface area (Å²) in [5.41, 5.74) is 3.87. The van der Waals surface area contributed by atoms with E-state index in [1.807, 2.05) is 20.2 Å². The number of aryl methyl sites for hydroxylation is 2. The summed E-state index contributed by atoms with van der Waals surface area (Å²) in [6, 6.07) is 11.0. The van der Waals surface area contributed by atoms with Gasteiger partial charge in [0.15, 0.2) is 0 Å². The fraction of sp³-hybridized carbons (Fsp3) is 0.333. The fourth-order valence-corrected chi connectivity index (χ4v) is 2.11. The van der Waals surface area contributed by atoms with E-state index in [0.29, 0.717) is 6.04 Å². The van der Waals surface area contributed by atoms with Crippen molar-refractivity contribution in [2.24, 2.45) is 0 Å². The highest BCUT2D eigenvalue weighted by molar-refractivity contribution is 5.26. The first-order valence-electron chi connectivity index (χ1n) is 5.97. The first-order chi connectivity index (χ1) is 8.19. The predicted octanol–water partition coefficient (Wildman–Crippen LogP) is 3.40. The summed E-state index contributed by atoms with van der Waals surface area (Å²) in [5.74, 6) is 0.962. The molecule has 1 heterocycles. The van der Waals surface area contributed by atoms with Gasteiger partial charge in [-0.05, 0) is 38.9 Å². The average molecular weight is 229 g/mol. The van der Waals surface area contributed by atoms with Crippen molar-refractivity contribution in [3.8, 4) is 0 Å². The maximum Gasteiger partial charge on any atom is 0.101 e. The van der Waals surface area contributed by atoms with E-state index in [2.05, 4.69) is 42.6 Å². The first-order valence-corrected chi connectivity index (χ1v) is 5.97. The molecule has 1 atom stereocenters. The SMILES string of the molecule is CNC(Cc1cccc(C)c1)c1coc(C)c1. The van der Waals surface area contributed by atoms with Crippen molar-refractivity contribution in [2.75, 3.05) is 7.05 Å². The molecule has 0 aliphatic carbocycles. The molecule has 1 unspecified atom stereocenters. The van der Waals surface area contributed by atoms with Gasteiger partial charge in [0.1, 0.15) is 5.76 Å². The molecule has 0 fully saturated rings. The average Bonchev–Trinajstić information content (AvgIpc) is 2.73. The normalized spacial score (nSPS) is 12.6. The van der Waals surface area contributed by atoms with E-state index in [0.717, 1.165) is 12.2 Å². The zero-order valence-corrected chi connectivity index (χ0v) is 10.7. The van der Waals surface area contributed by atoms with E-state index in [1.54, 1.807) is 0 Å². The van der Waals surface area contributed by atoms with Gasteiger partial charge in [0.25, 0.3) is 0 Å². The summed E-state index contributed by atoms with van der Waals surface area (Å²) in [5, 5.41) is 3.34. The molecule has 0 saturated carbocycles. The Hall–Kier alpha value is -1.54. The zero-order chi connectivity index (χ0) is 12.3. The molecule has 2 rings (SSSR count). The standard InChI is InChI=1S/C15H19NO/c1-11-5-4-6-13(7-11)9-15(16-3)14-8-12(2)17-10-14/h4-8,10,15-16H,9H2,1-3H3. The van der Waals surface area contributed by atoms with Gasteiger partial charge in [-0.2, -0.15) is 0 Å². The summed E-state index contributed by atoms with van der Waals surface area (Å²) in [7, 11) is 1.99. The molecule has 0 bridgehead atoms. The van der Waals surface area contributed by atoms with Crippen molar-refractivity contribution in [3.63, 3.8) is 0 Å². The molecule has 0 saturated heterocycles. The quantitative estimate of drug-likeness (QED) is 0.869. The molecule has 1 aromatic heterocycles. The second-order valence-corrected chi connectivity index (χ2v) is 4.53. The maximum atomic E-state index is 5.37. The molecule has 0 aliphatic heterocycles. The van der Waals surface area contributed by atoms with Crippen molar-refractivity contribution in [2.45, 2.75) is 26.3 Å². The summed E-state index contributed by atoms with van der Waals surface area (Å²) >= 11 is 0. The third-order valence-corrected chi connectivity index (χ3v) is 3.02. The van der Waals surface area contributed by atoms with Crippen molar-refractivity contribution >= 4 is 0 Å². The van der Waals surface area contributed by atoms with Crippen LogP contribution in [0.3, 0.4) is 0 Å². The van der Waals surface area contributed by atoms with E-state index in [1.165, 1.54) is 16.7 Å². The Morgan fingerprint density at radius 1 is 1.24 bits per heavy atom. The molecule has 0 radical (unpaired) electrons. The number of likely N-dealkylation sites (N-methyl/N-ethyl adjacent to an activating group) is 1. The monoisotopic (exact) mass is 229 g/mol. The van der Waals surface area contributed by atoms with Crippen molar-refractivity contribution in [1.29, 1.82) is 0 Å². The van der Waals surface area contributed by atoms with Gasteiger partial charge in [0.05, 0.1) is 6.26 Å². The molecule has 0 spiro atoms. The lowest BCUT2D eigenvalue weighted by atomic mass is 10.00. The molecule has 1 aromatic carbocycles. The van der Waals surface area contributed by atoms with E-state index < -0.39 is 0 Å². The molecule has 2 heteroatoms. The van der Waals surface area contributed by atoms with Crippen LogP contribution in [0, 0.1) is 13.8 Å². The van der Waals surface area contributed by atoms with Crippen LogP contribution in [0.5, 0.6) is 0 Å². The third-order valence-electron chi connectivity index (χ3n) is 3.02. The molecule has 0 aliphatic rings. The predicted molar refractivity (Wildman–Crippen MR) is 70.1 cm³/mol. The summed E-state index contributed by atoms with van der Waals surface area (Å²) in [6.07, 6.45) is 2.82. The minimum absolute atomic E-state index is 0.314. The number of furan rings is 1. The number of benzene rings is 1. The van der Waals surface area contributed by atoms with Crippen LogP contribution in [0.25, 0.3) is 0 Å². The van der Waals surface area contributed by atoms with Gasteiger partial charge in [0, 0.05) is 11.6 Å². The minimum atomic E-state index is 0.314. The molecule has 2 nitrogen and oxygen atoms in total. The van der Waals surface area contributed by atoms with E-state index >= 15 is 0 Å². The van der Waals surface area contributed by atoms with E-state index in [-0.39, 0.29) is 0 Å². The van der Waals surface area contributed by atoms with Crippen LogP contribution in [-0.2, 0) is 6.42 Å². The Morgan fingerprint density at radius 3 is 2.65 bits per heavy atom. The molecule has 1 N–H and O–H groups in total. The van der Waals surface area contributed by atoms with Gasteiger partial charge in [-0.1, -0.05) is 29.8 Å².